The molecule has 0 saturated carbocycles. The largest absolute Gasteiger partial charge is 0.389 e. The van der Waals surface area contributed by atoms with Crippen LogP contribution < -0.4 is 11.1 Å². The van der Waals surface area contributed by atoms with E-state index in [0.717, 1.165) is 17.8 Å². The van der Waals surface area contributed by atoms with Crippen LogP contribution in [0.25, 0.3) is 0 Å². The van der Waals surface area contributed by atoms with Crippen LogP contribution in [0.2, 0.25) is 0 Å². The number of hydrogen-bond donors (Lipinski definition) is 2. The van der Waals surface area contributed by atoms with Crippen molar-refractivity contribution in [2.24, 2.45) is 11.1 Å². The number of hydrogen-bond acceptors (Lipinski definition) is 3. The number of nitrogens with zero attached hydrogens (tertiary/aromatic N) is 1. The first-order valence-electron chi connectivity index (χ1n) is 7.22. The molecule has 110 valence electrons. The summed E-state index contributed by atoms with van der Waals surface area (Å²) in [5.74, 6) is 0. The minimum atomic E-state index is 0.352. The Labute approximate surface area is 127 Å². The van der Waals surface area contributed by atoms with Crippen molar-refractivity contribution in [2.75, 3.05) is 32.0 Å². The highest BCUT2D eigenvalue weighted by Gasteiger charge is 2.28. The summed E-state index contributed by atoms with van der Waals surface area (Å²) >= 11 is 5.15. The number of piperidine rings is 1. The Morgan fingerprint density at radius 2 is 2.05 bits per heavy atom. The maximum Gasteiger partial charge on any atom is 0.106 e. The summed E-state index contributed by atoms with van der Waals surface area (Å²) in [5.41, 5.74) is 9.38. The second-order valence-corrected chi connectivity index (χ2v) is 6.82. The summed E-state index contributed by atoms with van der Waals surface area (Å²) < 4.78 is 0. The Balaban J connectivity index is 2.05. The molecule has 0 spiro atoms. The molecule has 1 heterocycles. The van der Waals surface area contributed by atoms with Crippen molar-refractivity contribution < 1.29 is 0 Å². The molecular formula is C16H25N3S. The first-order valence-corrected chi connectivity index (χ1v) is 7.63. The zero-order valence-corrected chi connectivity index (χ0v) is 13.5. The molecule has 0 aliphatic carbocycles. The molecular weight excluding hydrogens is 266 g/mol. The molecule has 1 aromatic carbocycles. The molecule has 3 nitrogen and oxygen atoms in total. The minimum absolute atomic E-state index is 0.352. The maximum atomic E-state index is 5.83. The summed E-state index contributed by atoms with van der Waals surface area (Å²) in [6.45, 7) is 7.74. The first kappa shape index (κ1) is 15.3. The molecule has 2 rings (SSSR count). The smallest absolute Gasteiger partial charge is 0.106 e. The second kappa shape index (κ2) is 6.10. The van der Waals surface area contributed by atoms with Gasteiger partial charge in [-0.1, -0.05) is 30.8 Å². The molecule has 0 radical (unpaired) electrons. The zero-order valence-electron chi connectivity index (χ0n) is 12.7. The Morgan fingerprint density at radius 1 is 1.40 bits per heavy atom. The van der Waals surface area contributed by atoms with Crippen LogP contribution in [0, 0.1) is 12.3 Å². The monoisotopic (exact) mass is 291 g/mol. The Kier molecular flexibility index (Phi) is 4.66. The molecule has 1 saturated heterocycles. The highest BCUT2D eigenvalue weighted by Crippen LogP contribution is 2.31. The van der Waals surface area contributed by atoms with E-state index in [9.17, 15) is 0 Å². The van der Waals surface area contributed by atoms with Crippen LogP contribution in [-0.2, 0) is 0 Å². The summed E-state index contributed by atoms with van der Waals surface area (Å²) in [5, 5.41) is 3.56. The molecule has 0 atom stereocenters. The third kappa shape index (κ3) is 3.70. The summed E-state index contributed by atoms with van der Waals surface area (Å²) in [4.78, 5) is 2.86. The van der Waals surface area contributed by atoms with Gasteiger partial charge in [-0.2, -0.15) is 0 Å². The van der Waals surface area contributed by atoms with Crippen LogP contribution in [0.3, 0.4) is 0 Å². The van der Waals surface area contributed by atoms with E-state index < -0.39 is 0 Å². The van der Waals surface area contributed by atoms with Gasteiger partial charge in [-0.05, 0) is 57.5 Å². The van der Waals surface area contributed by atoms with Crippen LogP contribution >= 0.6 is 12.2 Å². The predicted molar refractivity (Wildman–Crippen MR) is 90.4 cm³/mol. The van der Waals surface area contributed by atoms with Crippen LogP contribution in [0.5, 0.6) is 0 Å². The maximum absolute atomic E-state index is 5.83. The highest BCUT2D eigenvalue weighted by atomic mass is 32.1. The summed E-state index contributed by atoms with van der Waals surface area (Å²) in [6.07, 6.45) is 2.45. The van der Waals surface area contributed by atoms with Crippen LogP contribution in [0.15, 0.2) is 18.2 Å². The van der Waals surface area contributed by atoms with E-state index in [0.29, 0.717) is 10.4 Å². The zero-order chi connectivity index (χ0) is 14.8. The predicted octanol–water partition coefficient (Wildman–Crippen LogP) is 2.77. The lowest BCUT2D eigenvalue weighted by molar-refractivity contribution is 0.150. The molecule has 0 aromatic heterocycles. The van der Waals surface area contributed by atoms with E-state index >= 15 is 0 Å². The van der Waals surface area contributed by atoms with Gasteiger partial charge in [0.1, 0.15) is 4.99 Å². The Hall–Kier alpha value is -1.13. The number of aryl methyl sites for hydroxylation is 1. The van der Waals surface area contributed by atoms with Gasteiger partial charge in [-0.15, -0.1) is 0 Å². The van der Waals surface area contributed by atoms with Gasteiger partial charge < -0.3 is 16.0 Å². The second-order valence-electron chi connectivity index (χ2n) is 6.38. The van der Waals surface area contributed by atoms with E-state index in [1.54, 1.807) is 0 Å². The van der Waals surface area contributed by atoms with Gasteiger partial charge in [-0.25, -0.2) is 0 Å². The molecule has 0 amide bonds. The van der Waals surface area contributed by atoms with Crippen molar-refractivity contribution >= 4 is 22.9 Å². The number of rotatable bonds is 4. The molecule has 1 fully saturated rings. The third-order valence-corrected chi connectivity index (χ3v) is 4.56. The van der Waals surface area contributed by atoms with Crippen LogP contribution in [0.4, 0.5) is 5.69 Å². The normalized spacial score (nSPS) is 18.8. The minimum Gasteiger partial charge on any atom is -0.389 e. The molecule has 1 aliphatic heterocycles. The average Bonchev–Trinajstić information content (AvgIpc) is 2.41. The third-order valence-electron chi connectivity index (χ3n) is 4.34. The molecule has 20 heavy (non-hydrogen) atoms. The van der Waals surface area contributed by atoms with E-state index in [2.05, 4.69) is 49.3 Å². The van der Waals surface area contributed by atoms with E-state index in [1.165, 1.54) is 31.5 Å². The number of nitrogens with two attached hydrogens (primary N) is 1. The first-order chi connectivity index (χ1) is 9.39. The Morgan fingerprint density at radius 3 is 2.65 bits per heavy atom. The molecule has 0 bridgehead atoms. The summed E-state index contributed by atoms with van der Waals surface area (Å²) in [6, 6.07) is 6.24. The average molecular weight is 291 g/mol. The van der Waals surface area contributed by atoms with Crippen LogP contribution in [0.1, 0.15) is 30.9 Å². The van der Waals surface area contributed by atoms with Gasteiger partial charge in [0.25, 0.3) is 0 Å². The van der Waals surface area contributed by atoms with Crippen LogP contribution in [-0.4, -0.2) is 36.6 Å². The highest BCUT2D eigenvalue weighted by molar-refractivity contribution is 7.80. The van der Waals surface area contributed by atoms with Crippen molar-refractivity contribution in [3.8, 4) is 0 Å². The summed E-state index contributed by atoms with van der Waals surface area (Å²) in [7, 11) is 2.19. The molecule has 4 heteroatoms. The molecule has 1 aromatic rings. The lowest BCUT2D eigenvalue weighted by atomic mass is 9.80. The lowest BCUT2D eigenvalue weighted by Gasteiger charge is -2.38. The van der Waals surface area contributed by atoms with Crippen molar-refractivity contribution in [3.63, 3.8) is 0 Å². The van der Waals surface area contributed by atoms with E-state index in [4.69, 9.17) is 18.0 Å². The number of likely N-dealkylation sites (tertiary alicyclic amines) is 1. The Bertz CT molecular complexity index is 490. The fourth-order valence-corrected chi connectivity index (χ4v) is 2.83. The van der Waals surface area contributed by atoms with Gasteiger partial charge in [-0.3, -0.25) is 0 Å². The topological polar surface area (TPSA) is 41.3 Å². The van der Waals surface area contributed by atoms with Gasteiger partial charge in [0.15, 0.2) is 0 Å². The fraction of sp³-hybridized carbons (Fsp3) is 0.562. The van der Waals surface area contributed by atoms with Crippen molar-refractivity contribution in [2.45, 2.75) is 26.7 Å². The number of nitrogens with one attached hydrogen (secondary N) is 1. The van der Waals surface area contributed by atoms with Crippen molar-refractivity contribution in [3.05, 3.63) is 29.3 Å². The standard InChI is InChI=1S/C16H25N3S/c1-12-4-5-14(13(10-12)15(17)20)18-11-16(2)6-8-19(3)9-7-16/h4-5,10,18H,6-9,11H2,1-3H3,(H2,17,20). The number of thiocarbonyl (C=S) groups is 1. The lowest BCUT2D eigenvalue weighted by Crippen LogP contribution is -2.40. The van der Waals surface area contributed by atoms with Gasteiger partial charge in [0, 0.05) is 17.8 Å². The quantitative estimate of drug-likeness (QED) is 0.837. The number of benzene rings is 1. The van der Waals surface area contributed by atoms with E-state index in [1.807, 2.05) is 0 Å². The SMILES string of the molecule is Cc1ccc(NCC2(C)CCN(C)CC2)c(C(N)=S)c1. The van der Waals surface area contributed by atoms with Gasteiger partial charge in [0.2, 0.25) is 0 Å². The van der Waals surface area contributed by atoms with Crippen molar-refractivity contribution in [1.82, 2.24) is 4.90 Å². The molecule has 0 unspecified atom stereocenters. The van der Waals surface area contributed by atoms with Gasteiger partial charge in [0.05, 0.1) is 0 Å². The number of anilines is 1. The van der Waals surface area contributed by atoms with E-state index in [-0.39, 0.29) is 0 Å². The molecule has 3 N–H and O–H groups in total. The van der Waals surface area contributed by atoms with Crippen molar-refractivity contribution in [1.29, 1.82) is 0 Å². The molecule has 1 aliphatic rings. The fourth-order valence-electron chi connectivity index (χ4n) is 2.66. The van der Waals surface area contributed by atoms with Gasteiger partial charge >= 0.3 is 0 Å².